The quantitative estimate of drug-likeness (QED) is 0.747. The van der Waals surface area contributed by atoms with Gasteiger partial charge in [0.05, 0.1) is 13.2 Å². The highest BCUT2D eigenvalue weighted by atomic mass is 16.5. The molecule has 0 aliphatic rings. The second-order valence-electron chi connectivity index (χ2n) is 4.38. The van der Waals surface area contributed by atoms with Gasteiger partial charge in [-0.3, -0.25) is 0 Å². The Labute approximate surface area is 117 Å². The highest BCUT2D eigenvalue weighted by molar-refractivity contribution is 5.92. The maximum atomic E-state index is 11.5. The summed E-state index contributed by atoms with van der Waals surface area (Å²) in [4.78, 5) is 11.5. The molecule has 0 aliphatic heterocycles. The van der Waals surface area contributed by atoms with Crippen LogP contribution in [0.15, 0.2) is 30.5 Å². The second-order valence-corrected chi connectivity index (χ2v) is 4.38. The number of nitrogens with zero attached hydrogens (tertiary/aromatic N) is 1. The Morgan fingerprint density at radius 3 is 3.00 bits per heavy atom. The zero-order chi connectivity index (χ0) is 14.4. The lowest BCUT2D eigenvalue weighted by Crippen LogP contribution is -2.30. The molecule has 0 bridgehead atoms. The van der Waals surface area contributed by atoms with Crippen LogP contribution >= 0.6 is 0 Å². The predicted molar refractivity (Wildman–Crippen MR) is 77.9 cm³/mol. The third-order valence-corrected chi connectivity index (χ3v) is 2.96. The summed E-state index contributed by atoms with van der Waals surface area (Å²) in [5.74, 6) is 0. The van der Waals surface area contributed by atoms with E-state index in [1.54, 1.807) is 7.11 Å². The minimum Gasteiger partial charge on any atom is -0.395 e. The average Bonchev–Trinajstić information content (AvgIpc) is 2.85. The summed E-state index contributed by atoms with van der Waals surface area (Å²) in [6, 6.07) is 7.41. The number of hydrogen-bond donors (Lipinski definition) is 3. The molecular formula is C14H19N3O3. The fourth-order valence-electron chi connectivity index (χ4n) is 2.01. The molecule has 0 atom stereocenters. The first-order valence-corrected chi connectivity index (χ1v) is 6.48. The van der Waals surface area contributed by atoms with Crippen LogP contribution in [0.2, 0.25) is 0 Å². The lowest BCUT2D eigenvalue weighted by molar-refractivity contribution is 0.188. The molecule has 0 saturated carbocycles. The van der Waals surface area contributed by atoms with E-state index >= 15 is 0 Å². The fraction of sp³-hybridized carbons (Fsp3) is 0.357. The summed E-state index contributed by atoms with van der Waals surface area (Å²) in [6.45, 7) is 1.62. The molecule has 20 heavy (non-hydrogen) atoms. The summed E-state index contributed by atoms with van der Waals surface area (Å²) in [5.41, 5.74) is 1.82. The number of urea groups is 1. The van der Waals surface area contributed by atoms with Crippen molar-refractivity contribution in [2.24, 2.45) is 0 Å². The average molecular weight is 277 g/mol. The molecule has 0 unspecified atom stereocenters. The van der Waals surface area contributed by atoms with Gasteiger partial charge in [0.15, 0.2) is 0 Å². The number of hydrogen-bond acceptors (Lipinski definition) is 3. The highest BCUT2D eigenvalue weighted by Crippen LogP contribution is 2.20. The third-order valence-electron chi connectivity index (χ3n) is 2.96. The number of ether oxygens (including phenoxy) is 1. The van der Waals surface area contributed by atoms with Crippen LogP contribution in [0.4, 0.5) is 10.5 Å². The van der Waals surface area contributed by atoms with E-state index in [2.05, 4.69) is 15.2 Å². The molecule has 0 saturated heterocycles. The Morgan fingerprint density at radius 2 is 2.25 bits per heavy atom. The van der Waals surface area contributed by atoms with Crippen LogP contribution in [0.25, 0.3) is 10.9 Å². The van der Waals surface area contributed by atoms with Gasteiger partial charge in [-0.25, -0.2) is 4.79 Å². The Morgan fingerprint density at radius 1 is 1.40 bits per heavy atom. The topological polar surface area (TPSA) is 75.5 Å². The van der Waals surface area contributed by atoms with Crippen LogP contribution in [0.1, 0.15) is 0 Å². The summed E-state index contributed by atoms with van der Waals surface area (Å²) < 4.78 is 7.18. The monoisotopic (exact) mass is 277 g/mol. The first-order valence-electron chi connectivity index (χ1n) is 6.48. The Balaban J connectivity index is 2.08. The zero-order valence-corrected chi connectivity index (χ0v) is 11.4. The Bertz CT molecular complexity index is 580. The van der Waals surface area contributed by atoms with E-state index in [0.29, 0.717) is 6.61 Å². The number of anilines is 1. The van der Waals surface area contributed by atoms with E-state index in [0.717, 1.165) is 23.1 Å². The molecule has 1 heterocycles. The van der Waals surface area contributed by atoms with E-state index in [4.69, 9.17) is 9.84 Å². The van der Waals surface area contributed by atoms with E-state index in [-0.39, 0.29) is 19.2 Å². The smallest absolute Gasteiger partial charge is 0.319 e. The maximum Gasteiger partial charge on any atom is 0.319 e. The molecule has 2 amide bonds. The first-order chi connectivity index (χ1) is 9.74. The molecule has 2 aromatic rings. The van der Waals surface area contributed by atoms with E-state index in [1.165, 1.54) is 0 Å². The van der Waals surface area contributed by atoms with Gasteiger partial charge in [-0.2, -0.15) is 0 Å². The SMILES string of the molecule is COCCn1ccc2cc(NC(=O)NCCO)ccc21. The molecule has 6 heteroatoms. The van der Waals surface area contributed by atoms with Gasteiger partial charge in [-0.1, -0.05) is 0 Å². The maximum absolute atomic E-state index is 11.5. The summed E-state index contributed by atoms with van der Waals surface area (Å²) in [7, 11) is 1.68. The molecule has 1 aromatic heterocycles. The summed E-state index contributed by atoms with van der Waals surface area (Å²) >= 11 is 0. The van der Waals surface area contributed by atoms with Crippen LogP contribution in [0.3, 0.4) is 0 Å². The van der Waals surface area contributed by atoms with Crippen LogP contribution in [0.5, 0.6) is 0 Å². The number of rotatable bonds is 6. The highest BCUT2D eigenvalue weighted by Gasteiger charge is 2.04. The van der Waals surface area contributed by atoms with Crippen molar-refractivity contribution in [1.82, 2.24) is 9.88 Å². The van der Waals surface area contributed by atoms with Crippen molar-refractivity contribution in [3.05, 3.63) is 30.5 Å². The van der Waals surface area contributed by atoms with Crippen molar-refractivity contribution in [3.63, 3.8) is 0 Å². The van der Waals surface area contributed by atoms with E-state index < -0.39 is 0 Å². The zero-order valence-electron chi connectivity index (χ0n) is 11.4. The van der Waals surface area contributed by atoms with Crippen molar-refractivity contribution in [2.75, 3.05) is 32.2 Å². The van der Waals surface area contributed by atoms with Crippen LogP contribution in [-0.2, 0) is 11.3 Å². The molecule has 2 rings (SSSR count). The second kappa shape index (κ2) is 6.93. The van der Waals surface area contributed by atoms with Gasteiger partial charge in [0.25, 0.3) is 0 Å². The predicted octanol–water partition coefficient (Wildman–Crippen LogP) is 1.40. The van der Waals surface area contributed by atoms with Crippen molar-refractivity contribution < 1.29 is 14.6 Å². The lowest BCUT2D eigenvalue weighted by Gasteiger charge is -2.08. The number of nitrogens with one attached hydrogen (secondary N) is 2. The number of aliphatic hydroxyl groups excluding tert-OH is 1. The number of carbonyl (C=O) groups is 1. The third kappa shape index (κ3) is 3.49. The number of carbonyl (C=O) groups excluding carboxylic acids is 1. The number of fused-ring (bicyclic) bond motifs is 1. The number of amides is 2. The van der Waals surface area contributed by atoms with E-state index in [1.807, 2.05) is 30.5 Å². The van der Waals surface area contributed by atoms with Crippen molar-refractivity contribution in [2.45, 2.75) is 6.54 Å². The summed E-state index contributed by atoms with van der Waals surface area (Å²) in [6.07, 6.45) is 2.00. The van der Waals surface area contributed by atoms with Gasteiger partial charge in [0.1, 0.15) is 0 Å². The standard InChI is InChI=1S/C14H19N3O3/c1-20-9-7-17-6-4-11-10-12(2-3-13(11)17)16-14(19)15-5-8-18/h2-4,6,10,18H,5,7-9H2,1H3,(H2,15,16,19). The molecule has 1 aromatic carbocycles. The Kier molecular flexibility index (Phi) is 4.97. The number of aromatic nitrogens is 1. The van der Waals surface area contributed by atoms with Gasteiger partial charge in [0, 0.05) is 43.0 Å². The minimum atomic E-state index is -0.322. The molecule has 3 N–H and O–H groups in total. The molecule has 0 radical (unpaired) electrons. The Hall–Kier alpha value is -2.05. The molecule has 0 aliphatic carbocycles. The number of methoxy groups -OCH3 is 1. The lowest BCUT2D eigenvalue weighted by atomic mass is 10.2. The number of aliphatic hydroxyl groups is 1. The van der Waals surface area contributed by atoms with Gasteiger partial charge < -0.3 is 25.0 Å². The van der Waals surface area contributed by atoms with Crippen LogP contribution in [0, 0.1) is 0 Å². The first kappa shape index (κ1) is 14.4. The largest absolute Gasteiger partial charge is 0.395 e. The molecule has 108 valence electrons. The van der Waals surface area contributed by atoms with Gasteiger partial charge >= 0.3 is 6.03 Å². The van der Waals surface area contributed by atoms with E-state index in [9.17, 15) is 4.79 Å². The minimum absolute atomic E-state index is 0.0746. The van der Waals surface area contributed by atoms with Gasteiger partial charge in [-0.05, 0) is 24.3 Å². The fourth-order valence-corrected chi connectivity index (χ4v) is 2.01. The molecule has 0 spiro atoms. The normalized spacial score (nSPS) is 10.7. The van der Waals surface area contributed by atoms with Crippen LogP contribution in [-0.4, -0.2) is 42.6 Å². The number of benzene rings is 1. The summed E-state index contributed by atoms with van der Waals surface area (Å²) in [5, 5.41) is 15.0. The van der Waals surface area contributed by atoms with Crippen molar-refractivity contribution >= 4 is 22.6 Å². The van der Waals surface area contributed by atoms with Gasteiger partial charge in [-0.15, -0.1) is 0 Å². The molecule has 0 fully saturated rings. The van der Waals surface area contributed by atoms with Crippen molar-refractivity contribution in [1.29, 1.82) is 0 Å². The van der Waals surface area contributed by atoms with Crippen molar-refractivity contribution in [3.8, 4) is 0 Å². The van der Waals surface area contributed by atoms with Crippen LogP contribution < -0.4 is 10.6 Å². The molecular weight excluding hydrogens is 258 g/mol. The van der Waals surface area contributed by atoms with Gasteiger partial charge in [0.2, 0.25) is 0 Å². The molecule has 6 nitrogen and oxygen atoms in total.